The van der Waals surface area contributed by atoms with Gasteiger partial charge in [-0.15, -0.1) is 0 Å². The van der Waals surface area contributed by atoms with Gasteiger partial charge in [-0.05, 0) is 50.8 Å². The number of aryl methyl sites for hydroxylation is 2. The van der Waals surface area contributed by atoms with Gasteiger partial charge in [0, 0.05) is 23.6 Å². The Morgan fingerprint density at radius 1 is 1.28 bits per heavy atom. The van der Waals surface area contributed by atoms with Crippen molar-refractivity contribution in [3.63, 3.8) is 0 Å². The third-order valence-electron chi connectivity index (χ3n) is 6.15. The lowest BCUT2D eigenvalue weighted by Gasteiger charge is -2.33. The van der Waals surface area contributed by atoms with Gasteiger partial charge in [-0.1, -0.05) is 43.2 Å². The lowest BCUT2D eigenvalue weighted by molar-refractivity contribution is -0.125. The normalized spacial score (nSPS) is 20.2. The summed E-state index contributed by atoms with van der Waals surface area (Å²) < 4.78 is 15.5. The van der Waals surface area contributed by atoms with E-state index in [1.165, 1.54) is 12.1 Å². The van der Waals surface area contributed by atoms with Gasteiger partial charge in [-0.2, -0.15) is 5.10 Å². The summed E-state index contributed by atoms with van der Waals surface area (Å²) in [6, 6.07) is 5.30. The zero-order valence-electron chi connectivity index (χ0n) is 18.7. The highest BCUT2D eigenvalue weighted by atomic mass is 19.1. The van der Waals surface area contributed by atoms with Gasteiger partial charge in [-0.25, -0.2) is 9.07 Å². The van der Waals surface area contributed by atoms with Gasteiger partial charge >= 0.3 is 0 Å². The lowest BCUT2D eigenvalue weighted by Crippen LogP contribution is -2.51. The number of carbonyl (C=O) groups is 2. The molecule has 4 rings (SSSR count). The highest BCUT2D eigenvalue weighted by Gasteiger charge is 2.41. The van der Waals surface area contributed by atoms with Crippen molar-refractivity contribution >= 4 is 17.6 Å². The van der Waals surface area contributed by atoms with Crippen LogP contribution >= 0.6 is 0 Å². The van der Waals surface area contributed by atoms with Crippen molar-refractivity contribution in [2.45, 2.75) is 65.0 Å². The number of benzene rings is 1. The van der Waals surface area contributed by atoms with Crippen LogP contribution in [0.15, 0.2) is 47.6 Å². The second-order valence-electron chi connectivity index (χ2n) is 8.55. The van der Waals surface area contributed by atoms with Crippen LogP contribution in [0.1, 0.15) is 62.3 Å². The zero-order valence-corrected chi connectivity index (χ0v) is 18.7. The number of halogens is 1. The van der Waals surface area contributed by atoms with Crippen LogP contribution in [0, 0.1) is 12.7 Å². The van der Waals surface area contributed by atoms with E-state index in [0.717, 1.165) is 41.7 Å². The number of unbranched alkanes of at least 4 members (excludes halogenated alkanes) is 1. The molecule has 2 amide bonds. The Morgan fingerprint density at radius 3 is 2.72 bits per heavy atom. The molecule has 168 valence electrons. The Bertz CT molecular complexity index is 1100. The standard InChI is InChI=1S/C25H29FN4O2/c1-4-5-13-30-23-20(16(3)29-30)21(17-9-11-19(26)12-10-17)22(25(32)28-23)27-24(31)18-8-6-7-15(2)14-18/h7,9-12,14,21-22H,4-6,8,13H2,1-3H3,(H,27,31)(H,28,32)/t21-,22+/m0/s1. The Kier molecular flexibility index (Phi) is 6.26. The number of anilines is 1. The predicted molar refractivity (Wildman–Crippen MR) is 122 cm³/mol. The molecule has 0 saturated carbocycles. The number of rotatable bonds is 6. The third kappa shape index (κ3) is 4.24. The fourth-order valence-corrected chi connectivity index (χ4v) is 4.53. The summed E-state index contributed by atoms with van der Waals surface area (Å²) >= 11 is 0. The van der Waals surface area contributed by atoms with Crippen LogP contribution in [0.4, 0.5) is 10.2 Å². The zero-order chi connectivity index (χ0) is 22.8. The minimum atomic E-state index is -0.824. The second-order valence-corrected chi connectivity index (χ2v) is 8.55. The number of hydrogen-bond acceptors (Lipinski definition) is 3. The molecule has 0 saturated heterocycles. The molecule has 0 fully saturated rings. The average Bonchev–Trinajstić information content (AvgIpc) is 3.08. The fraction of sp³-hybridized carbons (Fsp3) is 0.400. The van der Waals surface area contributed by atoms with E-state index in [1.54, 1.807) is 12.1 Å². The van der Waals surface area contributed by atoms with E-state index in [1.807, 2.05) is 24.6 Å². The molecular weight excluding hydrogens is 407 g/mol. The number of hydrogen-bond donors (Lipinski definition) is 2. The Balaban J connectivity index is 1.75. The van der Waals surface area contributed by atoms with Gasteiger partial charge in [0.25, 0.3) is 0 Å². The summed E-state index contributed by atoms with van der Waals surface area (Å²) in [5.41, 5.74) is 4.13. The molecule has 0 spiro atoms. The Morgan fingerprint density at radius 2 is 2.03 bits per heavy atom. The molecule has 2 aromatic rings. The van der Waals surface area contributed by atoms with Crippen LogP contribution in [0.2, 0.25) is 0 Å². The lowest BCUT2D eigenvalue weighted by atomic mass is 9.81. The average molecular weight is 437 g/mol. The van der Waals surface area contributed by atoms with Crippen LogP contribution in [-0.4, -0.2) is 27.6 Å². The topological polar surface area (TPSA) is 76.0 Å². The number of amides is 2. The van der Waals surface area contributed by atoms with Gasteiger partial charge in [0.15, 0.2) is 0 Å². The molecule has 6 nitrogen and oxygen atoms in total. The van der Waals surface area contributed by atoms with Gasteiger partial charge in [0.1, 0.15) is 17.7 Å². The minimum absolute atomic E-state index is 0.246. The van der Waals surface area contributed by atoms with E-state index in [0.29, 0.717) is 24.4 Å². The van der Waals surface area contributed by atoms with Crippen molar-refractivity contribution in [3.05, 3.63) is 70.2 Å². The molecule has 1 aliphatic heterocycles. The van der Waals surface area contributed by atoms with Crippen molar-refractivity contribution in [2.24, 2.45) is 0 Å². The highest BCUT2D eigenvalue weighted by molar-refractivity contribution is 6.03. The number of nitrogens with zero attached hydrogens (tertiary/aromatic N) is 2. The first-order valence-electron chi connectivity index (χ1n) is 11.2. The van der Waals surface area contributed by atoms with Gasteiger partial charge in [-0.3, -0.25) is 9.59 Å². The molecule has 0 unspecified atom stereocenters. The number of aromatic nitrogens is 2. The maximum Gasteiger partial charge on any atom is 0.249 e. The van der Waals surface area contributed by atoms with Crippen molar-refractivity contribution in [3.8, 4) is 0 Å². The van der Waals surface area contributed by atoms with E-state index in [9.17, 15) is 14.0 Å². The smallest absolute Gasteiger partial charge is 0.249 e. The van der Waals surface area contributed by atoms with E-state index >= 15 is 0 Å². The van der Waals surface area contributed by atoms with Crippen LogP contribution in [-0.2, 0) is 16.1 Å². The first-order chi connectivity index (χ1) is 15.4. The molecule has 2 heterocycles. The van der Waals surface area contributed by atoms with Crippen molar-refractivity contribution < 1.29 is 14.0 Å². The van der Waals surface area contributed by atoms with Gasteiger partial charge in [0.2, 0.25) is 11.8 Å². The molecule has 1 aromatic carbocycles. The first kappa shape index (κ1) is 22.0. The summed E-state index contributed by atoms with van der Waals surface area (Å²) in [6.45, 7) is 6.66. The molecule has 32 heavy (non-hydrogen) atoms. The summed E-state index contributed by atoms with van der Waals surface area (Å²) in [5.74, 6) is -0.679. The highest BCUT2D eigenvalue weighted by Crippen LogP contribution is 2.40. The molecule has 0 bridgehead atoms. The molecule has 1 aliphatic carbocycles. The summed E-state index contributed by atoms with van der Waals surface area (Å²) in [7, 11) is 0. The largest absolute Gasteiger partial charge is 0.340 e. The van der Waals surface area contributed by atoms with Gasteiger partial charge in [0.05, 0.1) is 5.69 Å². The third-order valence-corrected chi connectivity index (χ3v) is 6.15. The molecule has 2 atom stereocenters. The number of carbonyl (C=O) groups excluding carboxylic acids is 2. The summed E-state index contributed by atoms with van der Waals surface area (Å²) in [4.78, 5) is 26.3. The maximum absolute atomic E-state index is 13.7. The van der Waals surface area contributed by atoms with Crippen molar-refractivity contribution in [1.82, 2.24) is 15.1 Å². The van der Waals surface area contributed by atoms with Crippen molar-refractivity contribution in [1.29, 1.82) is 0 Å². The molecule has 2 aliphatic rings. The summed E-state index contributed by atoms with van der Waals surface area (Å²) in [5, 5.41) is 10.6. The summed E-state index contributed by atoms with van der Waals surface area (Å²) in [6.07, 6.45) is 7.34. The fourth-order valence-electron chi connectivity index (χ4n) is 4.53. The van der Waals surface area contributed by atoms with Gasteiger partial charge < -0.3 is 10.6 Å². The Hall–Kier alpha value is -3.22. The molecular formula is C25H29FN4O2. The minimum Gasteiger partial charge on any atom is -0.340 e. The Labute approximate surface area is 187 Å². The number of allylic oxidation sites excluding steroid dienone is 3. The second kappa shape index (κ2) is 9.10. The quantitative estimate of drug-likeness (QED) is 0.706. The van der Waals surface area contributed by atoms with E-state index in [-0.39, 0.29) is 17.6 Å². The van der Waals surface area contributed by atoms with E-state index in [2.05, 4.69) is 28.7 Å². The molecule has 1 aromatic heterocycles. The van der Waals surface area contributed by atoms with Crippen LogP contribution < -0.4 is 10.6 Å². The molecule has 7 heteroatoms. The number of nitrogens with one attached hydrogen (secondary N) is 2. The monoisotopic (exact) mass is 436 g/mol. The van der Waals surface area contributed by atoms with Crippen LogP contribution in [0.25, 0.3) is 0 Å². The molecule has 0 radical (unpaired) electrons. The van der Waals surface area contributed by atoms with Crippen LogP contribution in [0.5, 0.6) is 0 Å². The predicted octanol–water partition coefficient (Wildman–Crippen LogP) is 4.37. The first-order valence-corrected chi connectivity index (χ1v) is 11.2. The van der Waals surface area contributed by atoms with Crippen molar-refractivity contribution in [2.75, 3.05) is 5.32 Å². The van der Waals surface area contributed by atoms with E-state index < -0.39 is 12.0 Å². The van der Waals surface area contributed by atoms with E-state index in [4.69, 9.17) is 0 Å². The molecule has 2 N–H and O–H groups in total. The van der Waals surface area contributed by atoms with Crippen LogP contribution in [0.3, 0.4) is 0 Å². The number of fused-ring (bicyclic) bond motifs is 1. The maximum atomic E-state index is 13.7. The SMILES string of the molecule is CCCCn1nc(C)c2c1NC(=O)[C@H](NC(=O)C1=CC(C)=CCC1)[C@H]2c1ccc(F)cc1.